The average Bonchev–Trinajstić information content (AvgIpc) is 2.31. The van der Waals surface area contributed by atoms with Crippen LogP contribution in [0.15, 0.2) is 0 Å². The van der Waals surface area contributed by atoms with Crippen molar-refractivity contribution >= 4 is 0 Å². The third-order valence-electron chi connectivity index (χ3n) is 3.10. The molecule has 0 aliphatic heterocycles. The monoisotopic (exact) mass is 220 g/mol. The highest BCUT2D eigenvalue weighted by Gasteiger charge is 2.32. The summed E-state index contributed by atoms with van der Waals surface area (Å²) in [6.07, 6.45) is 16.5. The topological polar surface area (TPSA) is 18.5 Å². The maximum atomic E-state index is 5.49. The predicted molar refractivity (Wildman–Crippen MR) is 64.8 cm³/mol. The molecule has 1 aliphatic rings. The summed E-state index contributed by atoms with van der Waals surface area (Å²) in [4.78, 5) is 0. The lowest BCUT2D eigenvalue weighted by atomic mass is 9.75. The van der Waals surface area contributed by atoms with Crippen molar-refractivity contribution in [3.8, 4) is 24.7 Å². The number of rotatable bonds is 6. The van der Waals surface area contributed by atoms with Gasteiger partial charge in [-0.1, -0.05) is 31.1 Å². The molecule has 0 bridgehead atoms. The summed E-state index contributed by atoms with van der Waals surface area (Å²) in [5.74, 6) is 4.99. The highest BCUT2D eigenvalue weighted by atomic mass is 16.5. The maximum Gasteiger partial charge on any atom is 0.107 e. The van der Waals surface area contributed by atoms with Crippen LogP contribution in [-0.4, -0.2) is 26.4 Å². The summed E-state index contributed by atoms with van der Waals surface area (Å²) in [6.45, 7) is 2.16. The second-order valence-corrected chi connectivity index (χ2v) is 4.45. The quantitative estimate of drug-likeness (QED) is 0.505. The lowest BCUT2D eigenvalue weighted by Gasteiger charge is -2.36. The first-order valence-electron chi connectivity index (χ1n) is 5.85. The number of ether oxygens (including phenoxy) is 2. The molecule has 0 saturated heterocycles. The van der Waals surface area contributed by atoms with E-state index < -0.39 is 0 Å². The van der Waals surface area contributed by atoms with Crippen LogP contribution in [-0.2, 0) is 9.47 Å². The average molecular weight is 220 g/mol. The van der Waals surface area contributed by atoms with Crippen molar-refractivity contribution in [2.45, 2.75) is 32.1 Å². The van der Waals surface area contributed by atoms with Gasteiger partial charge in [-0.15, -0.1) is 12.8 Å². The molecule has 0 atom stereocenters. The van der Waals surface area contributed by atoms with Gasteiger partial charge in [-0.05, 0) is 12.8 Å². The largest absolute Gasteiger partial charge is 0.368 e. The predicted octanol–water partition coefficient (Wildman–Crippen LogP) is 2.24. The highest BCUT2D eigenvalue weighted by Crippen LogP contribution is 2.36. The maximum absolute atomic E-state index is 5.49. The van der Waals surface area contributed by atoms with E-state index >= 15 is 0 Å². The van der Waals surface area contributed by atoms with E-state index in [0.717, 1.165) is 12.8 Å². The third kappa shape index (κ3) is 4.27. The van der Waals surface area contributed by atoms with E-state index in [0.29, 0.717) is 26.4 Å². The van der Waals surface area contributed by atoms with Crippen molar-refractivity contribution in [3.63, 3.8) is 0 Å². The van der Waals surface area contributed by atoms with Crippen molar-refractivity contribution in [3.05, 3.63) is 0 Å². The summed E-state index contributed by atoms with van der Waals surface area (Å²) in [5.41, 5.74) is 0.145. The Morgan fingerprint density at radius 3 is 1.81 bits per heavy atom. The summed E-state index contributed by atoms with van der Waals surface area (Å²) in [6, 6.07) is 0. The van der Waals surface area contributed by atoms with Gasteiger partial charge in [0.25, 0.3) is 0 Å². The Balaban J connectivity index is 2.40. The van der Waals surface area contributed by atoms with Gasteiger partial charge < -0.3 is 9.47 Å². The summed E-state index contributed by atoms with van der Waals surface area (Å²) in [5, 5.41) is 0. The van der Waals surface area contributed by atoms with E-state index in [1.54, 1.807) is 0 Å². The van der Waals surface area contributed by atoms with Crippen LogP contribution in [0.4, 0.5) is 0 Å². The zero-order chi connectivity index (χ0) is 11.7. The van der Waals surface area contributed by atoms with Gasteiger partial charge in [-0.25, -0.2) is 0 Å². The fourth-order valence-corrected chi connectivity index (χ4v) is 2.29. The van der Waals surface area contributed by atoms with Gasteiger partial charge in [0, 0.05) is 5.41 Å². The lowest BCUT2D eigenvalue weighted by molar-refractivity contribution is -0.0280. The normalized spacial score (nSPS) is 18.6. The molecule has 0 amide bonds. The Morgan fingerprint density at radius 2 is 1.38 bits per heavy atom. The van der Waals surface area contributed by atoms with E-state index in [1.807, 2.05) is 0 Å². The van der Waals surface area contributed by atoms with E-state index in [-0.39, 0.29) is 5.41 Å². The molecule has 1 saturated carbocycles. The molecule has 0 aromatic rings. The highest BCUT2D eigenvalue weighted by molar-refractivity contribution is 4.88. The smallest absolute Gasteiger partial charge is 0.107 e. The fourth-order valence-electron chi connectivity index (χ4n) is 2.29. The van der Waals surface area contributed by atoms with Crippen LogP contribution < -0.4 is 0 Å². The van der Waals surface area contributed by atoms with Crippen LogP contribution >= 0.6 is 0 Å². The standard InChI is InChI=1S/C14H20O2/c1-3-10-15-12-14(13-16-11-4-2)8-6-5-7-9-14/h1-2H,5-13H2. The van der Waals surface area contributed by atoms with E-state index in [1.165, 1.54) is 19.3 Å². The Kier molecular flexibility index (Phi) is 6.01. The molecule has 2 heteroatoms. The van der Waals surface area contributed by atoms with Gasteiger partial charge in [0.05, 0.1) is 13.2 Å². The molecule has 0 aromatic heterocycles. The molecule has 2 nitrogen and oxygen atoms in total. The van der Waals surface area contributed by atoms with E-state index in [2.05, 4.69) is 11.8 Å². The number of hydrogen-bond donors (Lipinski definition) is 0. The molecule has 16 heavy (non-hydrogen) atoms. The van der Waals surface area contributed by atoms with Gasteiger partial charge in [-0.2, -0.15) is 0 Å². The Bertz CT molecular complexity index is 241. The molecular formula is C14H20O2. The second kappa shape index (κ2) is 7.34. The summed E-state index contributed by atoms with van der Waals surface area (Å²) in [7, 11) is 0. The SMILES string of the molecule is C#CCOCC1(COCC#C)CCCCC1. The van der Waals surface area contributed by atoms with Gasteiger partial charge in [-0.3, -0.25) is 0 Å². The molecule has 0 N–H and O–H groups in total. The molecule has 0 heterocycles. The first-order chi connectivity index (χ1) is 7.83. The van der Waals surface area contributed by atoms with Crippen molar-refractivity contribution in [2.24, 2.45) is 5.41 Å². The second-order valence-electron chi connectivity index (χ2n) is 4.45. The Labute approximate surface area is 98.7 Å². The summed E-state index contributed by atoms with van der Waals surface area (Å²) < 4.78 is 11.0. The van der Waals surface area contributed by atoms with Crippen LogP contribution in [0, 0.1) is 30.1 Å². The zero-order valence-corrected chi connectivity index (χ0v) is 9.84. The van der Waals surface area contributed by atoms with Crippen LogP contribution in [0.5, 0.6) is 0 Å². The minimum absolute atomic E-state index is 0.145. The van der Waals surface area contributed by atoms with E-state index in [9.17, 15) is 0 Å². The van der Waals surface area contributed by atoms with Crippen LogP contribution in [0.2, 0.25) is 0 Å². The number of hydrogen-bond acceptors (Lipinski definition) is 2. The first kappa shape index (κ1) is 13.1. The van der Waals surface area contributed by atoms with Crippen LogP contribution in [0.3, 0.4) is 0 Å². The van der Waals surface area contributed by atoms with Gasteiger partial charge in [0.15, 0.2) is 0 Å². The molecule has 0 spiro atoms. The number of terminal acetylenes is 2. The molecule has 1 fully saturated rings. The Morgan fingerprint density at radius 1 is 0.875 bits per heavy atom. The Hall–Kier alpha value is -0.960. The molecular weight excluding hydrogens is 200 g/mol. The van der Waals surface area contributed by atoms with Gasteiger partial charge in [0.1, 0.15) is 13.2 Å². The van der Waals surface area contributed by atoms with Gasteiger partial charge >= 0.3 is 0 Å². The lowest BCUT2D eigenvalue weighted by Crippen LogP contribution is -2.34. The molecule has 1 aliphatic carbocycles. The van der Waals surface area contributed by atoms with Crippen LogP contribution in [0.25, 0.3) is 0 Å². The van der Waals surface area contributed by atoms with Crippen molar-refractivity contribution in [1.29, 1.82) is 0 Å². The minimum atomic E-state index is 0.145. The molecule has 0 radical (unpaired) electrons. The minimum Gasteiger partial charge on any atom is -0.368 e. The third-order valence-corrected chi connectivity index (χ3v) is 3.10. The van der Waals surface area contributed by atoms with E-state index in [4.69, 9.17) is 22.3 Å². The summed E-state index contributed by atoms with van der Waals surface area (Å²) >= 11 is 0. The first-order valence-corrected chi connectivity index (χ1v) is 5.85. The molecule has 0 unspecified atom stereocenters. The fraction of sp³-hybridized carbons (Fsp3) is 0.714. The molecule has 88 valence electrons. The van der Waals surface area contributed by atoms with Gasteiger partial charge in [0.2, 0.25) is 0 Å². The zero-order valence-electron chi connectivity index (χ0n) is 9.84. The molecule has 0 aromatic carbocycles. The van der Waals surface area contributed by atoms with Crippen molar-refractivity contribution < 1.29 is 9.47 Å². The van der Waals surface area contributed by atoms with Crippen molar-refractivity contribution in [2.75, 3.05) is 26.4 Å². The van der Waals surface area contributed by atoms with Crippen LogP contribution in [0.1, 0.15) is 32.1 Å². The molecule has 1 rings (SSSR count). The van der Waals surface area contributed by atoms with Crippen molar-refractivity contribution in [1.82, 2.24) is 0 Å².